The summed E-state index contributed by atoms with van der Waals surface area (Å²) in [5, 5.41) is 12.3. The lowest BCUT2D eigenvalue weighted by Gasteiger charge is -2.24. The molecule has 0 unspecified atom stereocenters. The summed E-state index contributed by atoms with van der Waals surface area (Å²) in [6.07, 6.45) is 9.95. The van der Waals surface area contributed by atoms with E-state index in [-0.39, 0.29) is 17.6 Å². The number of nitrogens with one attached hydrogen (secondary N) is 3. The Morgan fingerprint density at radius 2 is 1.87 bits per heavy atom. The van der Waals surface area contributed by atoms with Gasteiger partial charge in [0.25, 0.3) is 0 Å². The normalized spacial score (nSPS) is 13.6. The monoisotopic (exact) mass is 533 g/mol. The Kier molecular flexibility index (Phi) is 5.55. The van der Waals surface area contributed by atoms with Crippen LogP contribution in [0.25, 0.3) is 55.0 Å². The van der Waals surface area contributed by atoms with E-state index in [0.29, 0.717) is 11.3 Å². The Hall–Kier alpha value is -4.70. The van der Waals surface area contributed by atoms with E-state index in [1.165, 1.54) is 11.3 Å². The number of amides is 1. The van der Waals surface area contributed by atoms with Gasteiger partial charge < -0.3 is 10.3 Å². The van der Waals surface area contributed by atoms with Gasteiger partial charge in [-0.15, -0.1) is 11.3 Å². The minimum absolute atomic E-state index is 0.0535. The van der Waals surface area contributed by atoms with Gasteiger partial charge in [-0.3, -0.25) is 19.7 Å². The molecule has 10 heteroatoms. The third kappa shape index (κ3) is 4.18. The van der Waals surface area contributed by atoms with Crippen LogP contribution in [0.4, 0.5) is 5.69 Å². The molecule has 0 radical (unpaired) electrons. The van der Waals surface area contributed by atoms with E-state index in [1.54, 1.807) is 31.7 Å². The number of carbonyl (C=O) groups is 2. The number of fused-ring (bicyclic) bond motifs is 2. The summed E-state index contributed by atoms with van der Waals surface area (Å²) < 4.78 is 0. The average Bonchev–Trinajstić information content (AvgIpc) is 3.65. The Labute approximate surface area is 226 Å². The molecule has 9 nitrogen and oxygen atoms in total. The summed E-state index contributed by atoms with van der Waals surface area (Å²) in [4.78, 5) is 42.8. The molecule has 0 aromatic carbocycles. The molecule has 6 heterocycles. The number of ketones is 1. The highest BCUT2D eigenvalue weighted by atomic mass is 32.1. The Balaban J connectivity index is 1.25. The molecule has 1 aliphatic carbocycles. The van der Waals surface area contributed by atoms with Gasteiger partial charge in [0, 0.05) is 56.8 Å². The number of pyridine rings is 3. The van der Waals surface area contributed by atoms with E-state index < -0.39 is 0 Å². The average molecular weight is 534 g/mol. The van der Waals surface area contributed by atoms with Crippen LogP contribution < -0.4 is 5.32 Å². The second kappa shape index (κ2) is 9.25. The topological polar surface area (TPSA) is 129 Å². The summed E-state index contributed by atoms with van der Waals surface area (Å²) in [6.45, 7) is 1.58. The fraction of sp³-hybridized carbons (Fsp3) is 0.172. The number of hydrogen-bond acceptors (Lipinski definition) is 7. The molecule has 1 saturated carbocycles. The van der Waals surface area contributed by atoms with Crippen molar-refractivity contribution >= 4 is 50.8 Å². The zero-order chi connectivity index (χ0) is 26.5. The maximum Gasteiger partial charge on any atom is 0.227 e. The highest BCUT2D eigenvalue weighted by Gasteiger charge is 2.25. The number of Topliss-reactive ketones (excluding diaryl/α,β-unsaturated/α-hetero) is 1. The molecular formula is C29H23N7O2S. The van der Waals surface area contributed by atoms with Crippen molar-refractivity contribution in [2.24, 2.45) is 5.92 Å². The summed E-state index contributed by atoms with van der Waals surface area (Å²) >= 11 is 1.47. The smallest absolute Gasteiger partial charge is 0.227 e. The van der Waals surface area contributed by atoms with Crippen molar-refractivity contribution in [2.45, 2.75) is 26.2 Å². The summed E-state index contributed by atoms with van der Waals surface area (Å²) in [5.41, 5.74) is 6.35. The Morgan fingerprint density at radius 3 is 2.67 bits per heavy atom. The van der Waals surface area contributed by atoms with Crippen molar-refractivity contribution in [1.82, 2.24) is 30.1 Å². The lowest BCUT2D eigenvalue weighted by Crippen LogP contribution is -2.28. The Bertz CT molecular complexity index is 1900. The van der Waals surface area contributed by atoms with Gasteiger partial charge in [0.1, 0.15) is 5.65 Å². The van der Waals surface area contributed by atoms with Gasteiger partial charge in [0.15, 0.2) is 11.4 Å². The van der Waals surface area contributed by atoms with Crippen LogP contribution in [0.5, 0.6) is 0 Å². The molecular weight excluding hydrogens is 510 g/mol. The maximum absolute atomic E-state index is 12.4. The first kappa shape index (κ1) is 23.4. The van der Waals surface area contributed by atoms with Crippen LogP contribution >= 0.6 is 11.3 Å². The molecule has 39 heavy (non-hydrogen) atoms. The van der Waals surface area contributed by atoms with Crippen molar-refractivity contribution < 1.29 is 9.59 Å². The number of carbonyl (C=O) groups excluding carboxylic acids is 2. The van der Waals surface area contributed by atoms with Crippen LogP contribution in [0.15, 0.2) is 61.2 Å². The second-order valence-electron chi connectivity index (χ2n) is 9.80. The van der Waals surface area contributed by atoms with Gasteiger partial charge in [0.05, 0.1) is 28.1 Å². The molecule has 0 aliphatic heterocycles. The first-order valence-corrected chi connectivity index (χ1v) is 13.5. The molecule has 6 aromatic rings. The van der Waals surface area contributed by atoms with Crippen LogP contribution in [0.1, 0.15) is 35.9 Å². The summed E-state index contributed by atoms with van der Waals surface area (Å²) in [5.74, 6) is 0.209. The van der Waals surface area contributed by atoms with Gasteiger partial charge in [0.2, 0.25) is 5.91 Å². The van der Waals surface area contributed by atoms with E-state index >= 15 is 0 Å². The SMILES string of the molecule is CC(=O)c1ccc(-c2ccnc3[nH]c(-c4[nH]nc5ncc(-c6cncc(NC(=O)C7CCC7)c6)cc45)cc23)s1. The molecule has 0 bridgehead atoms. The van der Waals surface area contributed by atoms with Crippen LogP contribution in [0.2, 0.25) is 0 Å². The zero-order valence-corrected chi connectivity index (χ0v) is 21.8. The molecule has 1 aliphatic rings. The molecule has 7 rings (SSSR count). The summed E-state index contributed by atoms with van der Waals surface area (Å²) in [6, 6.07) is 11.8. The van der Waals surface area contributed by atoms with Crippen molar-refractivity contribution in [1.29, 1.82) is 0 Å². The van der Waals surface area contributed by atoms with Gasteiger partial charge >= 0.3 is 0 Å². The lowest BCUT2D eigenvalue weighted by molar-refractivity contribution is -0.122. The van der Waals surface area contributed by atoms with Gasteiger partial charge in [-0.05, 0) is 56.2 Å². The van der Waals surface area contributed by atoms with Crippen LogP contribution in [0, 0.1) is 5.92 Å². The van der Waals surface area contributed by atoms with Crippen molar-refractivity contribution in [3.63, 3.8) is 0 Å². The van der Waals surface area contributed by atoms with E-state index in [1.807, 2.05) is 36.4 Å². The Morgan fingerprint density at radius 1 is 1.00 bits per heavy atom. The van der Waals surface area contributed by atoms with Crippen molar-refractivity contribution in [3.8, 4) is 33.0 Å². The fourth-order valence-corrected chi connectivity index (χ4v) is 5.83. The first-order chi connectivity index (χ1) is 19.0. The second-order valence-corrected chi connectivity index (χ2v) is 10.9. The van der Waals surface area contributed by atoms with E-state index in [2.05, 4.69) is 35.5 Å². The third-order valence-electron chi connectivity index (χ3n) is 7.24. The number of nitrogens with zero attached hydrogens (tertiary/aromatic N) is 4. The van der Waals surface area contributed by atoms with E-state index in [4.69, 9.17) is 0 Å². The first-order valence-electron chi connectivity index (χ1n) is 12.7. The molecule has 6 aromatic heterocycles. The lowest BCUT2D eigenvalue weighted by atomic mass is 9.85. The molecule has 192 valence electrons. The van der Waals surface area contributed by atoms with Crippen LogP contribution in [-0.4, -0.2) is 41.8 Å². The molecule has 0 saturated heterocycles. The van der Waals surface area contributed by atoms with E-state index in [9.17, 15) is 9.59 Å². The number of hydrogen-bond donors (Lipinski definition) is 3. The van der Waals surface area contributed by atoms with Gasteiger partial charge in [-0.1, -0.05) is 6.42 Å². The van der Waals surface area contributed by atoms with Gasteiger partial charge in [-0.25, -0.2) is 9.97 Å². The standard InChI is InChI=1S/C29H23N7O2S/c1-15(37)24-5-6-25(39-24)20-7-8-31-27-21(20)11-23(34-27)26-22-10-18(13-32-28(22)36-35-26)17-9-19(14-30-12-17)33-29(38)16-3-2-4-16/h5-14,16H,2-4H2,1H3,(H,31,34)(H,33,38)(H,32,35,36). The minimum atomic E-state index is 0.0535. The molecule has 3 N–H and O–H groups in total. The van der Waals surface area contributed by atoms with Crippen molar-refractivity contribution in [2.75, 3.05) is 5.32 Å². The maximum atomic E-state index is 12.4. The molecule has 1 amide bonds. The van der Waals surface area contributed by atoms with E-state index in [0.717, 1.165) is 73.5 Å². The number of anilines is 1. The number of H-pyrrole nitrogens is 2. The van der Waals surface area contributed by atoms with Gasteiger partial charge in [-0.2, -0.15) is 5.10 Å². The number of thiophene rings is 1. The predicted molar refractivity (Wildman–Crippen MR) is 151 cm³/mol. The van der Waals surface area contributed by atoms with Crippen molar-refractivity contribution in [3.05, 3.63) is 66.1 Å². The number of aromatic nitrogens is 6. The van der Waals surface area contributed by atoms with Crippen LogP contribution in [0.3, 0.4) is 0 Å². The number of aromatic amines is 2. The highest BCUT2D eigenvalue weighted by Crippen LogP contribution is 2.37. The molecule has 0 atom stereocenters. The fourth-order valence-electron chi connectivity index (χ4n) is 4.89. The predicted octanol–water partition coefficient (Wildman–Crippen LogP) is 6.23. The van der Waals surface area contributed by atoms with Crippen LogP contribution in [-0.2, 0) is 4.79 Å². The molecule has 0 spiro atoms. The zero-order valence-electron chi connectivity index (χ0n) is 21.0. The quantitative estimate of drug-likeness (QED) is 0.218. The highest BCUT2D eigenvalue weighted by molar-refractivity contribution is 7.17. The third-order valence-corrected chi connectivity index (χ3v) is 8.46. The summed E-state index contributed by atoms with van der Waals surface area (Å²) in [7, 11) is 0. The number of rotatable bonds is 6. The largest absolute Gasteiger partial charge is 0.338 e. The minimum Gasteiger partial charge on any atom is -0.338 e. The molecule has 1 fully saturated rings.